The maximum absolute atomic E-state index is 10.9. The molecule has 0 aliphatic carbocycles. The van der Waals surface area contributed by atoms with E-state index in [2.05, 4.69) is 5.32 Å². The first-order valence-electron chi connectivity index (χ1n) is 7.85. The van der Waals surface area contributed by atoms with Crippen molar-refractivity contribution >= 4 is 68.9 Å². The van der Waals surface area contributed by atoms with Gasteiger partial charge < -0.3 is 15.5 Å². The summed E-state index contributed by atoms with van der Waals surface area (Å²) in [4.78, 5) is 0.886. The van der Waals surface area contributed by atoms with E-state index < -0.39 is 0 Å². The van der Waals surface area contributed by atoms with Crippen LogP contribution >= 0.6 is 46.8 Å². The molecule has 2 aromatic heterocycles. The SMILES string of the molecule is OCc1ccc[n+](/C(C(=S)Nc2ccc(Cl)cc2)=C(/O)c2ccc(Cl)s2)c1. The number of hydrogen-bond donors (Lipinski definition) is 3. The molecule has 3 rings (SSSR count). The number of nitrogens with zero attached hydrogens (tertiary/aromatic N) is 1. The number of hydrogen-bond acceptors (Lipinski definition) is 4. The Balaban J connectivity index is 2.06. The number of aliphatic hydroxyl groups excluding tert-OH is 2. The fourth-order valence-corrected chi connectivity index (χ4v) is 3.82. The number of aliphatic hydroxyl groups is 2. The number of thiophene rings is 1. The maximum Gasteiger partial charge on any atom is 0.289 e. The second kappa shape index (κ2) is 8.82. The number of thiocarbonyl (C=S) groups is 1. The molecule has 3 aromatic rings. The van der Waals surface area contributed by atoms with Gasteiger partial charge in [-0.2, -0.15) is 4.57 Å². The predicted molar refractivity (Wildman–Crippen MR) is 115 cm³/mol. The molecule has 2 heterocycles. The summed E-state index contributed by atoms with van der Waals surface area (Å²) in [6.07, 6.45) is 3.45. The molecule has 27 heavy (non-hydrogen) atoms. The Morgan fingerprint density at radius 1 is 1.11 bits per heavy atom. The van der Waals surface area contributed by atoms with Crippen LogP contribution < -0.4 is 9.88 Å². The topological polar surface area (TPSA) is 56.4 Å². The van der Waals surface area contributed by atoms with Crippen LogP contribution in [0, 0.1) is 0 Å². The van der Waals surface area contributed by atoms with Crippen molar-refractivity contribution in [2.75, 3.05) is 5.32 Å². The Labute approximate surface area is 175 Å². The van der Waals surface area contributed by atoms with Crippen LogP contribution in [0.5, 0.6) is 0 Å². The first-order valence-corrected chi connectivity index (χ1v) is 9.83. The van der Waals surface area contributed by atoms with E-state index in [1.165, 1.54) is 11.3 Å². The van der Waals surface area contributed by atoms with Crippen LogP contribution in [-0.4, -0.2) is 15.2 Å². The van der Waals surface area contributed by atoms with Crippen LogP contribution in [0.15, 0.2) is 60.9 Å². The smallest absolute Gasteiger partial charge is 0.289 e. The third kappa shape index (κ3) is 4.86. The Morgan fingerprint density at radius 2 is 1.85 bits per heavy atom. The van der Waals surface area contributed by atoms with Gasteiger partial charge in [0.2, 0.25) is 5.76 Å². The van der Waals surface area contributed by atoms with E-state index in [1.807, 2.05) is 0 Å². The lowest BCUT2D eigenvalue weighted by Crippen LogP contribution is -2.38. The predicted octanol–water partition coefficient (Wildman–Crippen LogP) is 5.16. The molecular formula is C19H15Cl2N2O2S2+. The molecule has 4 nitrogen and oxygen atoms in total. The van der Waals surface area contributed by atoms with Crippen molar-refractivity contribution in [1.82, 2.24) is 0 Å². The number of benzene rings is 1. The first-order chi connectivity index (χ1) is 13.0. The average molecular weight is 438 g/mol. The lowest BCUT2D eigenvalue weighted by Gasteiger charge is -2.10. The van der Waals surface area contributed by atoms with E-state index in [4.69, 9.17) is 35.4 Å². The minimum Gasteiger partial charge on any atom is -0.501 e. The molecule has 0 unspecified atom stereocenters. The van der Waals surface area contributed by atoms with E-state index in [0.29, 0.717) is 30.5 Å². The van der Waals surface area contributed by atoms with E-state index in [9.17, 15) is 10.2 Å². The van der Waals surface area contributed by atoms with Crippen LogP contribution in [0.3, 0.4) is 0 Å². The molecule has 0 atom stereocenters. The van der Waals surface area contributed by atoms with Gasteiger partial charge in [0, 0.05) is 22.3 Å². The van der Waals surface area contributed by atoms with Crippen LogP contribution in [0.25, 0.3) is 11.5 Å². The summed E-state index contributed by atoms with van der Waals surface area (Å²) in [5.74, 6) is -0.0153. The molecular weight excluding hydrogens is 423 g/mol. The highest BCUT2D eigenvalue weighted by molar-refractivity contribution is 7.81. The summed E-state index contributed by atoms with van der Waals surface area (Å²) < 4.78 is 2.22. The lowest BCUT2D eigenvalue weighted by molar-refractivity contribution is -0.576. The molecule has 0 saturated heterocycles. The van der Waals surface area contributed by atoms with Crippen LogP contribution in [0.4, 0.5) is 5.69 Å². The zero-order chi connectivity index (χ0) is 19.4. The first kappa shape index (κ1) is 19.8. The fourth-order valence-electron chi connectivity index (χ4n) is 2.39. The molecule has 8 heteroatoms. The molecule has 0 amide bonds. The third-order valence-electron chi connectivity index (χ3n) is 3.65. The number of aromatic nitrogens is 1. The van der Waals surface area contributed by atoms with E-state index in [1.54, 1.807) is 65.5 Å². The normalized spacial score (nSPS) is 11.8. The van der Waals surface area contributed by atoms with Crippen molar-refractivity contribution in [2.24, 2.45) is 0 Å². The standard InChI is InChI=1S/C19H14Cl2N2O2S2/c20-13-3-5-14(6-4-13)22-19(26)17(18(25)15-7-8-16(21)27-15)23-9-1-2-12(10-23)11-24/h1-10,24H,11H2,(H-,22,25,26)/p+1. The van der Waals surface area contributed by atoms with E-state index in [0.717, 1.165) is 5.69 Å². The van der Waals surface area contributed by atoms with Gasteiger partial charge in [-0.1, -0.05) is 35.4 Å². The Bertz CT molecular complexity index is 1000. The summed E-state index contributed by atoms with van der Waals surface area (Å²) >= 11 is 18.7. The largest absolute Gasteiger partial charge is 0.501 e. The zero-order valence-corrected chi connectivity index (χ0v) is 17.0. The summed E-state index contributed by atoms with van der Waals surface area (Å²) in [5.41, 5.74) is 1.79. The number of rotatable bonds is 5. The minimum absolute atomic E-state index is 0.0153. The monoisotopic (exact) mass is 437 g/mol. The number of pyridine rings is 1. The van der Waals surface area contributed by atoms with Crippen LogP contribution in [0.1, 0.15) is 10.4 Å². The number of anilines is 1. The van der Waals surface area contributed by atoms with Gasteiger partial charge in [0.15, 0.2) is 17.4 Å². The molecule has 0 fully saturated rings. The molecule has 0 radical (unpaired) electrons. The van der Waals surface area contributed by atoms with Crippen LogP contribution in [-0.2, 0) is 6.61 Å². The van der Waals surface area contributed by atoms with E-state index in [-0.39, 0.29) is 12.4 Å². The number of halogens is 2. The van der Waals surface area contributed by atoms with Crippen molar-refractivity contribution in [1.29, 1.82) is 0 Å². The van der Waals surface area contributed by atoms with Gasteiger partial charge in [-0.25, -0.2) is 0 Å². The second-order valence-corrected chi connectivity index (χ2v) is 8.10. The summed E-state index contributed by atoms with van der Waals surface area (Å²) in [6.45, 7) is -0.128. The van der Waals surface area contributed by atoms with Gasteiger partial charge in [-0.05, 0) is 42.5 Å². The maximum atomic E-state index is 10.9. The second-order valence-electron chi connectivity index (χ2n) is 5.54. The lowest BCUT2D eigenvalue weighted by atomic mass is 10.2. The number of nitrogens with one attached hydrogen (secondary N) is 1. The van der Waals surface area contributed by atoms with Gasteiger partial charge in [0.25, 0.3) is 5.70 Å². The summed E-state index contributed by atoms with van der Waals surface area (Å²) in [5, 5.41) is 24.1. The van der Waals surface area contributed by atoms with Crippen molar-refractivity contribution in [3.63, 3.8) is 0 Å². The van der Waals surface area contributed by atoms with Crippen molar-refractivity contribution < 1.29 is 14.8 Å². The fraction of sp³-hybridized carbons (Fsp3) is 0.0526. The minimum atomic E-state index is -0.128. The highest BCUT2D eigenvalue weighted by Crippen LogP contribution is 2.29. The van der Waals surface area contributed by atoms with E-state index >= 15 is 0 Å². The van der Waals surface area contributed by atoms with Gasteiger partial charge in [-0.15, -0.1) is 11.3 Å². The van der Waals surface area contributed by atoms with Crippen molar-refractivity contribution in [2.45, 2.75) is 6.61 Å². The van der Waals surface area contributed by atoms with Crippen molar-refractivity contribution in [3.8, 4) is 0 Å². The van der Waals surface area contributed by atoms with Crippen LogP contribution in [0.2, 0.25) is 9.36 Å². The molecule has 0 aliphatic heterocycles. The third-order valence-corrected chi connectivity index (χ3v) is 5.44. The molecule has 0 aliphatic rings. The Kier molecular flexibility index (Phi) is 6.46. The molecule has 0 saturated carbocycles. The molecule has 3 N–H and O–H groups in total. The average Bonchev–Trinajstić information content (AvgIpc) is 3.10. The molecule has 138 valence electrons. The molecule has 0 spiro atoms. The Morgan fingerprint density at radius 3 is 2.48 bits per heavy atom. The van der Waals surface area contributed by atoms with Gasteiger partial charge in [0.1, 0.15) is 0 Å². The van der Waals surface area contributed by atoms with Gasteiger partial charge in [0.05, 0.1) is 15.8 Å². The van der Waals surface area contributed by atoms with Gasteiger partial charge in [-0.3, -0.25) is 0 Å². The molecule has 0 bridgehead atoms. The van der Waals surface area contributed by atoms with Crippen molar-refractivity contribution in [3.05, 3.63) is 80.7 Å². The zero-order valence-electron chi connectivity index (χ0n) is 13.9. The Hall–Kier alpha value is -1.96. The highest BCUT2D eigenvalue weighted by atomic mass is 35.5. The summed E-state index contributed by atoms with van der Waals surface area (Å²) in [7, 11) is 0. The quantitative estimate of drug-likeness (QED) is 0.223. The molecule has 1 aromatic carbocycles. The summed E-state index contributed by atoms with van der Waals surface area (Å²) in [6, 6.07) is 14.1. The highest BCUT2D eigenvalue weighted by Gasteiger charge is 2.25. The van der Waals surface area contributed by atoms with Gasteiger partial charge >= 0.3 is 0 Å².